The van der Waals surface area contributed by atoms with E-state index in [1.165, 1.54) is 0 Å². The van der Waals surface area contributed by atoms with E-state index in [0.29, 0.717) is 0 Å². The van der Waals surface area contributed by atoms with Crippen molar-refractivity contribution in [1.82, 2.24) is 0 Å². The average Bonchev–Trinajstić information content (AvgIpc) is 2.29. The summed E-state index contributed by atoms with van der Waals surface area (Å²) in [6.07, 6.45) is 0. The number of phenols is 1. The zero-order chi connectivity index (χ0) is 17.5. The molecule has 0 aliphatic carbocycles. The van der Waals surface area contributed by atoms with Gasteiger partial charge in [-0.25, -0.2) is 0 Å². The van der Waals surface area contributed by atoms with Crippen LogP contribution in [0.1, 0.15) is 11.1 Å². The van der Waals surface area contributed by atoms with E-state index < -0.39 is 69.3 Å². The summed E-state index contributed by atoms with van der Waals surface area (Å²) in [6, 6.07) is 0. The summed E-state index contributed by atoms with van der Waals surface area (Å²) in [7, 11) is -9.60. The van der Waals surface area contributed by atoms with Crippen molar-refractivity contribution in [2.45, 2.75) is 11.5 Å². The summed E-state index contributed by atoms with van der Waals surface area (Å²) in [4.78, 5) is 9.89. The Morgan fingerprint density at radius 3 is 1.50 bits per heavy atom. The molecular formula is C8H7Cl2NO9S2. The van der Waals surface area contributed by atoms with Gasteiger partial charge in [0.2, 0.25) is 0 Å². The van der Waals surface area contributed by atoms with Gasteiger partial charge in [-0.05, 0) is 0 Å². The van der Waals surface area contributed by atoms with Crippen molar-refractivity contribution in [2.24, 2.45) is 0 Å². The Labute approximate surface area is 133 Å². The molecule has 124 valence electrons. The first-order valence-corrected chi connectivity index (χ1v) is 8.98. The first kappa shape index (κ1) is 18.9. The molecular weight excluding hydrogens is 389 g/mol. The van der Waals surface area contributed by atoms with Crippen LogP contribution in [0.25, 0.3) is 0 Å². The van der Waals surface area contributed by atoms with Gasteiger partial charge in [-0.15, -0.1) is 0 Å². The van der Waals surface area contributed by atoms with E-state index in [-0.39, 0.29) is 0 Å². The second-order valence-electron chi connectivity index (χ2n) is 3.99. The van der Waals surface area contributed by atoms with E-state index >= 15 is 0 Å². The normalized spacial score (nSPS) is 12.4. The number of rotatable bonds is 5. The minimum Gasteiger partial charge on any atom is -0.505 e. The number of benzene rings is 1. The Morgan fingerprint density at radius 2 is 1.27 bits per heavy atom. The number of halogens is 2. The van der Waals surface area contributed by atoms with Crippen LogP contribution in [0.5, 0.6) is 5.75 Å². The minimum atomic E-state index is -4.80. The van der Waals surface area contributed by atoms with Crippen LogP contribution in [0.2, 0.25) is 10.0 Å². The molecule has 0 fully saturated rings. The number of aromatic hydroxyl groups is 1. The predicted octanol–water partition coefficient (Wildman–Crippen LogP) is 1.38. The summed E-state index contributed by atoms with van der Waals surface area (Å²) in [6.45, 7) is 0. The lowest BCUT2D eigenvalue weighted by atomic mass is 10.1. The predicted molar refractivity (Wildman–Crippen MR) is 75.3 cm³/mol. The van der Waals surface area contributed by atoms with Crippen molar-refractivity contribution >= 4 is 49.1 Å². The second-order valence-corrected chi connectivity index (χ2v) is 7.65. The van der Waals surface area contributed by atoms with E-state index in [2.05, 4.69) is 0 Å². The summed E-state index contributed by atoms with van der Waals surface area (Å²) >= 11 is 11.1. The molecule has 0 aliphatic rings. The van der Waals surface area contributed by atoms with Crippen LogP contribution >= 0.6 is 23.2 Å². The van der Waals surface area contributed by atoms with Crippen molar-refractivity contribution in [1.29, 1.82) is 0 Å². The maximum absolute atomic E-state index is 11.1. The first-order valence-electron chi connectivity index (χ1n) is 5.01. The molecule has 0 spiro atoms. The molecule has 0 saturated heterocycles. The quantitative estimate of drug-likeness (QED) is 0.377. The smallest absolute Gasteiger partial charge is 0.281 e. The van der Waals surface area contributed by atoms with Gasteiger partial charge in [-0.1, -0.05) is 23.2 Å². The molecule has 0 aromatic heterocycles. The van der Waals surface area contributed by atoms with E-state index in [1.807, 2.05) is 0 Å². The highest BCUT2D eigenvalue weighted by molar-refractivity contribution is 7.85. The van der Waals surface area contributed by atoms with Gasteiger partial charge >= 0.3 is 0 Å². The third kappa shape index (κ3) is 4.41. The Morgan fingerprint density at radius 1 is 0.955 bits per heavy atom. The van der Waals surface area contributed by atoms with Crippen LogP contribution in [0.4, 0.5) is 5.69 Å². The Hall–Kier alpha value is -1.18. The highest BCUT2D eigenvalue weighted by atomic mass is 35.5. The Kier molecular flexibility index (Phi) is 5.26. The fourth-order valence-corrected chi connectivity index (χ4v) is 3.62. The van der Waals surface area contributed by atoms with Crippen molar-refractivity contribution in [3.05, 3.63) is 31.3 Å². The van der Waals surface area contributed by atoms with Crippen LogP contribution in [0.3, 0.4) is 0 Å². The fourth-order valence-electron chi connectivity index (χ4n) is 1.62. The zero-order valence-electron chi connectivity index (χ0n) is 10.2. The summed E-state index contributed by atoms with van der Waals surface area (Å²) in [5, 5.41) is 19.0. The summed E-state index contributed by atoms with van der Waals surface area (Å²) in [5.74, 6) is -3.76. The maximum atomic E-state index is 11.1. The molecule has 0 saturated carbocycles. The van der Waals surface area contributed by atoms with E-state index in [9.17, 15) is 32.1 Å². The lowest BCUT2D eigenvalue weighted by molar-refractivity contribution is -0.386. The van der Waals surface area contributed by atoms with Crippen LogP contribution in [-0.2, 0) is 31.7 Å². The zero-order valence-corrected chi connectivity index (χ0v) is 13.4. The standard InChI is InChI=1S/C8H7Cl2NO9S2/c9-5-3(1-21(15,16)17)7(11(13)14)4(2-22(18,19)20)6(10)8(5)12/h12H,1-2H2,(H,15,16,17)(H,18,19,20). The van der Waals surface area contributed by atoms with Crippen LogP contribution < -0.4 is 0 Å². The number of nitro groups is 1. The van der Waals surface area contributed by atoms with Gasteiger partial charge in [0.25, 0.3) is 25.9 Å². The van der Waals surface area contributed by atoms with Gasteiger partial charge in [0.05, 0.1) is 26.1 Å². The van der Waals surface area contributed by atoms with Gasteiger partial charge in [-0.2, -0.15) is 16.8 Å². The fraction of sp³-hybridized carbons (Fsp3) is 0.250. The van der Waals surface area contributed by atoms with Gasteiger partial charge in [-0.3, -0.25) is 19.2 Å². The number of phenolic OH excluding ortho intramolecular Hbond substituents is 1. The van der Waals surface area contributed by atoms with Crippen molar-refractivity contribution in [3.8, 4) is 5.75 Å². The van der Waals surface area contributed by atoms with Crippen molar-refractivity contribution in [2.75, 3.05) is 0 Å². The summed E-state index contributed by atoms with van der Waals surface area (Å²) in [5.41, 5.74) is -2.88. The topological polar surface area (TPSA) is 172 Å². The van der Waals surface area contributed by atoms with Gasteiger partial charge in [0, 0.05) is 0 Å². The molecule has 1 aromatic rings. The second kappa shape index (κ2) is 6.14. The highest BCUT2D eigenvalue weighted by Gasteiger charge is 2.33. The molecule has 22 heavy (non-hydrogen) atoms. The van der Waals surface area contributed by atoms with Gasteiger partial charge in [0.1, 0.15) is 11.5 Å². The molecule has 0 bridgehead atoms. The third-order valence-electron chi connectivity index (χ3n) is 2.35. The van der Waals surface area contributed by atoms with Crippen LogP contribution in [0.15, 0.2) is 0 Å². The van der Waals surface area contributed by atoms with Crippen molar-refractivity contribution in [3.63, 3.8) is 0 Å². The number of nitro benzene ring substituents is 1. The van der Waals surface area contributed by atoms with E-state index in [0.717, 1.165) is 0 Å². The lowest BCUT2D eigenvalue weighted by Crippen LogP contribution is -2.11. The molecule has 0 heterocycles. The van der Waals surface area contributed by atoms with E-state index in [4.69, 9.17) is 32.3 Å². The maximum Gasteiger partial charge on any atom is 0.281 e. The highest BCUT2D eigenvalue weighted by Crippen LogP contribution is 2.45. The number of nitrogens with zero attached hydrogens (tertiary/aromatic N) is 1. The first-order chi connectivity index (χ1) is 9.74. The molecule has 10 nitrogen and oxygen atoms in total. The number of hydrogen-bond donors (Lipinski definition) is 3. The monoisotopic (exact) mass is 395 g/mol. The molecule has 0 unspecified atom stereocenters. The van der Waals surface area contributed by atoms with Gasteiger partial charge < -0.3 is 5.11 Å². The Bertz CT molecular complexity index is 786. The van der Waals surface area contributed by atoms with Gasteiger partial charge in [0.15, 0.2) is 5.75 Å². The third-order valence-corrected chi connectivity index (χ3v) is 4.47. The molecule has 1 aromatic carbocycles. The molecule has 0 atom stereocenters. The molecule has 0 amide bonds. The lowest BCUT2D eigenvalue weighted by Gasteiger charge is -2.12. The molecule has 0 aliphatic heterocycles. The molecule has 1 rings (SSSR count). The Balaban J connectivity index is 3.88. The summed E-state index contributed by atoms with van der Waals surface area (Å²) < 4.78 is 61.2. The molecule has 3 N–H and O–H groups in total. The SMILES string of the molecule is O=[N+]([O-])c1c(CS(=O)(=O)O)c(Cl)c(O)c(Cl)c1CS(=O)(=O)O. The average molecular weight is 396 g/mol. The largest absolute Gasteiger partial charge is 0.505 e. The van der Waals surface area contributed by atoms with Crippen LogP contribution in [-0.4, -0.2) is 36.0 Å². The van der Waals surface area contributed by atoms with Crippen LogP contribution in [0, 0.1) is 10.1 Å². The number of hydrogen-bond acceptors (Lipinski definition) is 7. The minimum absolute atomic E-state index is 0.839. The van der Waals surface area contributed by atoms with E-state index in [1.54, 1.807) is 0 Å². The molecule has 14 heteroatoms. The molecule has 0 radical (unpaired) electrons. The van der Waals surface area contributed by atoms with Crippen molar-refractivity contribution < 1.29 is 36.0 Å².